The molecule has 0 aromatic carbocycles. The normalized spacial score (nSPS) is 26.4. The second kappa shape index (κ2) is 7.83. The first kappa shape index (κ1) is 16.3. The SMILES string of the molecule is O=C(Cn1cnnn1)N1C[C@@H](CN2CCCCCC2)[C@@H](CO)C1. The first-order valence-corrected chi connectivity index (χ1v) is 8.58. The maximum Gasteiger partial charge on any atom is 0.244 e. The van der Waals surface area contributed by atoms with E-state index < -0.39 is 0 Å². The lowest BCUT2D eigenvalue weighted by Gasteiger charge is -2.26. The van der Waals surface area contributed by atoms with E-state index in [1.54, 1.807) is 0 Å². The summed E-state index contributed by atoms with van der Waals surface area (Å²) in [5, 5.41) is 20.5. The lowest BCUT2D eigenvalue weighted by molar-refractivity contribution is -0.131. The van der Waals surface area contributed by atoms with Crippen LogP contribution in [0.25, 0.3) is 0 Å². The molecule has 8 heteroatoms. The molecule has 0 radical (unpaired) electrons. The summed E-state index contributed by atoms with van der Waals surface area (Å²) in [6.45, 7) is 4.95. The van der Waals surface area contributed by atoms with Gasteiger partial charge in [-0.25, -0.2) is 4.68 Å². The van der Waals surface area contributed by atoms with Crippen molar-refractivity contribution < 1.29 is 9.90 Å². The van der Waals surface area contributed by atoms with E-state index in [4.69, 9.17) is 0 Å². The van der Waals surface area contributed by atoms with Gasteiger partial charge in [0.05, 0.1) is 0 Å². The van der Waals surface area contributed by atoms with Crippen molar-refractivity contribution in [1.82, 2.24) is 30.0 Å². The minimum absolute atomic E-state index is 0.0223. The third-order valence-electron chi connectivity index (χ3n) is 5.04. The number of tetrazole rings is 1. The van der Waals surface area contributed by atoms with Gasteiger partial charge in [-0.05, 0) is 42.3 Å². The van der Waals surface area contributed by atoms with Gasteiger partial charge in [-0.1, -0.05) is 12.8 Å². The number of aliphatic hydroxyl groups excluding tert-OH is 1. The molecule has 0 saturated carbocycles. The molecule has 23 heavy (non-hydrogen) atoms. The fourth-order valence-corrected chi connectivity index (χ4v) is 3.70. The largest absolute Gasteiger partial charge is 0.396 e. The molecule has 0 unspecified atom stereocenters. The standard InChI is InChI=1S/C15H26N6O2/c22-11-14-9-20(15(23)10-21-12-16-17-18-21)8-13(14)7-19-5-3-1-2-4-6-19/h12-14,22H,1-11H2/t13-,14-/m1/s1. The molecule has 0 bridgehead atoms. The summed E-state index contributed by atoms with van der Waals surface area (Å²) in [6.07, 6.45) is 6.62. The van der Waals surface area contributed by atoms with Crippen LogP contribution in [-0.4, -0.2) is 80.4 Å². The Morgan fingerprint density at radius 3 is 2.52 bits per heavy atom. The Labute approximate surface area is 136 Å². The Bertz CT molecular complexity index is 486. The van der Waals surface area contributed by atoms with E-state index in [2.05, 4.69) is 20.4 Å². The number of aliphatic hydroxyl groups is 1. The fraction of sp³-hybridized carbons (Fsp3) is 0.867. The van der Waals surface area contributed by atoms with Crippen LogP contribution >= 0.6 is 0 Å². The molecule has 1 amide bonds. The molecule has 3 rings (SSSR count). The summed E-state index contributed by atoms with van der Waals surface area (Å²) in [7, 11) is 0. The summed E-state index contributed by atoms with van der Waals surface area (Å²) >= 11 is 0. The second-order valence-corrected chi connectivity index (χ2v) is 6.72. The van der Waals surface area contributed by atoms with Crippen LogP contribution in [0.2, 0.25) is 0 Å². The lowest BCUT2D eigenvalue weighted by Crippen LogP contribution is -2.35. The fourth-order valence-electron chi connectivity index (χ4n) is 3.70. The topological polar surface area (TPSA) is 87.4 Å². The lowest BCUT2D eigenvalue weighted by atomic mass is 9.96. The molecule has 0 aliphatic carbocycles. The van der Waals surface area contributed by atoms with Crippen molar-refractivity contribution in [3.63, 3.8) is 0 Å². The molecule has 128 valence electrons. The first-order valence-electron chi connectivity index (χ1n) is 8.58. The number of amides is 1. The predicted molar refractivity (Wildman–Crippen MR) is 83.4 cm³/mol. The number of aromatic nitrogens is 4. The first-order chi connectivity index (χ1) is 11.3. The van der Waals surface area contributed by atoms with E-state index in [1.165, 1.54) is 36.7 Å². The highest BCUT2D eigenvalue weighted by molar-refractivity contribution is 5.76. The highest BCUT2D eigenvalue weighted by Gasteiger charge is 2.35. The van der Waals surface area contributed by atoms with Crippen LogP contribution < -0.4 is 0 Å². The average molecular weight is 322 g/mol. The Morgan fingerprint density at radius 1 is 1.13 bits per heavy atom. The molecule has 2 aliphatic heterocycles. The van der Waals surface area contributed by atoms with Gasteiger partial charge in [0, 0.05) is 32.2 Å². The Kier molecular flexibility index (Phi) is 5.56. The van der Waals surface area contributed by atoms with Crippen molar-refractivity contribution in [2.24, 2.45) is 11.8 Å². The van der Waals surface area contributed by atoms with Gasteiger partial charge < -0.3 is 14.9 Å². The molecule has 2 fully saturated rings. The van der Waals surface area contributed by atoms with Crippen molar-refractivity contribution >= 4 is 5.91 Å². The minimum atomic E-state index is 0.0223. The second-order valence-electron chi connectivity index (χ2n) is 6.72. The molecule has 0 spiro atoms. The summed E-state index contributed by atoms with van der Waals surface area (Å²) in [5.41, 5.74) is 0. The highest BCUT2D eigenvalue weighted by atomic mass is 16.3. The predicted octanol–water partition coefficient (Wildman–Crippen LogP) is -0.384. The van der Waals surface area contributed by atoms with E-state index in [0.717, 1.165) is 26.2 Å². The van der Waals surface area contributed by atoms with Gasteiger partial charge in [-0.3, -0.25) is 4.79 Å². The molecular weight excluding hydrogens is 296 g/mol. The average Bonchev–Trinajstić information content (AvgIpc) is 3.12. The summed E-state index contributed by atoms with van der Waals surface area (Å²) in [5.74, 6) is 0.557. The summed E-state index contributed by atoms with van der Waals surface area (Å²) < 4.78 is 1.44. The quantitative estimate of drug-likeness (QED) is 0.795. The molecule has 2 saturated heterocycles. The zero-order chi connectivity index (χ0) is 16.1. The maximum absolute atomic E-state index is 12.4. The van der Waals surface area contributed by atoms with E-state index in [1.807, 2.05) is 4.90 Å². The van der Waals surface area contributed by atoms with Crippen LogP contribution in [0, 0.1) is 11.8 Å². The summed E-state index contributed by atoms with van der Waals surface area (Å²) in [6, 6.07) is 0. The number of hydrogen-bond donors (Lipinski definition) is 1. The van der Waals surface area contributed by atoms with Gasteiger partial charge in [-0.15, -0.1) is 5.10 Å². The van der Waals surface area contributed by atoms with Crippen molar-refractivity contribution in [3.8, 4) is 0 Å². The van der Waals surface area contributed by atoms with Crippen molar-refractivity contribution in [2.75, 3.05) is 39.3 Å². The molecule has 1 aromatic rings. The number of carbonyl (C=O) groups is 1. The highest BCUT2D eigenvalue weighted by Crippen LogP contribution is 2.25. The van der Waals surface area contributed by atoms with Gasteiger partial charge in [0.1, 0.15) is 12.9 Å². The zero-order valence-corrected chi connectivity index (χ0v) is 13.5. The molecular formula is C15H26N6O2. The molecule has 3 heterocycles. The third kappa shape index (κ3) is 4.26. The van der Waals surface area contributed by atoms with Crippen LogP contribution in [-0.2, 0) is 11.3 Å². The molecule has 1 N–H and O–H groups in total. The van der Waals surface area contributed by atoms with Crippen molar-refractivity contribution in [1.29, 1.82) is 0 Å². The van der Waals surface area contributed by atoms with E-state index in [0.29, 0.717) is 12.5 Å². The van der Waals surface area contributed by atoms with Crippen LogP contribution in [0.1, 0.15) is 25.7 Å². The Morgan fingerprint density at radius 2 is 1.87 bits per heavy atom. The van der Waals surface area contributed by atoms with Crippen LogP contribution in [0.15, 0.2) is 6.33 Å². The third-order valence-corrected chi connectivity index (χ3v) is 5.04. The van der Waals surface area contributed by atoms with Crippen molar-refractivity contribution in [2.45, 2.75) is 32.2 Å². The minimum Gasteiger partial charge on any atom is -0.396 e. The Balaban J connectivity index is 1.55. The monoisotopic (exact) mass is 322 g/mol. The Hall–Kier alpha value is -1.54. The number of carbonyl (C=O) groups excluding carboxylic acids is 1. The number of rotatable bonds is 5. The van der Waals surface area contributed by atoms with Gasteiger partial charge in [0.15, 0.2) is 0 Å². The van der Waals surface area contributed by atoms with Crippen LogP contribution in [0.5, 0.6) is 0 Å². The number of nitrogens with zero attached hydrogens (tertiary/aromatic N) is 6. The van der Waals surface area contributed by atoms with E-state index >= 15 is 0 Å². The van der Waals surface area contributed by atoms with Gasteiger partial charge in [-0.2, -0.15) is 0 Å². The molecule has 2 atom stereocenters. The molecule has 1 aromatic heterocycles. The van der Waals surface area contributed by atoms with Crippen LogP contribution in [0.3, 0.4) is 0 Å². The molecule has 8 nitrogen and oxygen atoms in total. The van der Waals surface area contributed by atoms with Gasteiger partial charge >= 0.3 is 0 Å². The number of hydrogen-bond acceptors (Lipinski definition) is 6. The number of likely N-dealkylation sites (tertiary alicyclic amines) is 2. The van der Waals surface area contributed by atoms with Gasteiger partial charge in [0.2, 0.25) is 5.91 Å². The van der Waals surface area contributed by atoms with E-state index in [9.17, 15) is 9.90 Å². The van der Waals surface area contributed by atoms with E-state index in [-0.39, 0.29) is 25.0 Å². The van der Waals surface area contributed by atoms with Crippen molar-refractivity contribution in [3.05, 3.63) is 6.33 Å². The molecule has 2 aliphatic rings. The zero-order valence-electron chi connectivity index (χ0n) is 13.5. The van der Waals surface area contributed by atoms with Gasteiger partial charge in [0.25, 0.3) is 0 Å². The smallest absolute Gasteiger partial charge is 0.244 e. The summed E-state index contributed by atoms with van der Waals surface area (Å²) in [4.78, 5) is 16.7. The van der Waals surface area contributed by atoms with Crippen LogP contribution in [0.4, 0.5) is 0 Å². The maximum atomic E-state index is 12.4.